The van der Waals surface area contributed by atoms with Gasteiger partial charge in [-0.05, 0) is 77.4 Å². The fourth-order valence-electron chi connectivity index (χ4n) is 5.70. The molecule has 0 unspecified atom stereocenters. The van der Waals surface area contributed by atoms with Gasteiger partial charge in [-0.3, -0.25) is 0 Å². The van der Waals surface area contributed by atoms with E-state index in [1.165, 1.54) is 0 Å². The molecule has 1 saturated heterocycles. The number of methoxy groups -OCH3 is 1. The van der Waals surface area contributed by atoms with Crippen molar-refractivity contribution in [3.63, 3.8) is 0 Å². The molecule has 2 aromatic heterocycles. The minimum absolute atomic E-state index is 0.423. The number of hydrogen-bond donors (Lipinski definition) is 4. The van der Waals surface area contributed by atoms with Gasteiger partial charge in [0.15, 0.2) is 0 Å². The number of likely N-dealkylation sites (N-methyl/N-ethyl adjacent to an activating group) is 1. The number of aliphatic hydroxyl groups is 1. The van der Waals surface area contributed by atoms with Crippen LogP contribution in [0.2, 0.25) is 0 Å². The summed E-state index contributed by atoms with van der Waals surface area (Å²) in [5.74, 6) is 1.82. The first-order valence-corrected chi connectivity index (χ1v) is 16.9. The van der Waals surface area contributed by atoms with Crippen LogP contribution < -0.4 is 25.6 Å². The Morgan fingerprint density at radius 1 is 1.12 bits per heavy atom. The van der Waals surface area contributed by atoms with E-state index < -0.39 is 12.7 Å². The fraction of sp³-hybridized carbons (Fsp3) is 0.419. The summed E-state index contributed by atoms with van der Waals surface area (Å²) in [6.07, 6.45) is 3.86. The molecule has 0 saturated carbocycles. The molecule has 1 aliphatic rings. The van der Waals surface area contributed by atoms with Crippen molar-refractivity contribution in [3.8, 4) is 5.75 Å². The Hall–Kier alpha value is -3.59. The lowest BCUT2D eigenvalue weighted by atomic mass is 10.0. The number of ether oxygens (including phenoxy) is 1. The predicted octanol–water partition coefficient (Wildman–Crippen LogP) is 5.37. The van der Waals surface area contributed by atoms with Gasteiger partial charge in [-0.2, -0.15) is 9.97 Å². The van der Waals surface area contributed by atoms with E-state index in [0.717, 1.165) is 59.4 Å². The highest BCUT2D eigenvalue weighted by atomic mass is 31.2. The molecule has 0 spiro atoms. The molecule has 1 fully saturated rings. The Labute approximate surface area is 247 Å². The van der Waals surface area contributed by atoms with Crippen molar-refractivity contribution >= 4 is 52.3 Å². The van der Waals surface area contributed by atoms with Crippen molar-refractivity contribution in [1.82, 2.24) is 19.9 Å². The monoisotopic (exact) mass is 591 g/mol. The predicted molar refractivity (Wildman–Crippen MR) is 173 cm³/mol. The first kappa shape index (κ1) is 29.9. The van der Waals surface area contributed by atoms with Gasteiger partial charge >= 0.3 is 0 Å². The SMILES string of the molecule is COc1cc(Nc2nc(Nc3ccccc3P(C)(C)=O)c3cc[nH]c3n2)ccc1N1CCC(N(C)CC(C)(C)O)CC1. The van der Waals surface area contributed by atoms with Crippen molar-refractivity contribution in [2.75, 3.05) is 62.7 Å². The lowest BCUT2D eigenvalue weighted by molar-refractivity contribution is 0.0275. The molecule has 2 aromatic carbocycles. The van der Waals surface area contributed by atoms with E-state index >= 15 is 0 Å². The van der Waals surface area contributed by atoms with Crippen molar-refractivity contribution in [2.24, 2.45) is 0 Å². The number of anilines is 5. The van der Waals surface area contributed by atoms with Crippen molar-refractivity contribution in [3.05, 3.63) is 54.7 Å². The van der Waals surface area contributed by atoms with Crippen molar-refractivity contribution in [2.45, 2.75) is 38.3 Å². The minimum atomic E-state index is -2.51. The molecule has 5 rings (SSSR count). The van der Waals surface area contributed by atoms with Crippen LogP contribution in [0.5, 0.6) is 5.75 Å². The number of benzene rings is 2. The highest BCUT2D eigenvalue weighted by Crippen LogP contribution is 2.39. The largest absolute Gasteiger partial charge is 0.495 e. The number of hydrogen-bond acceptors (Lipinski definition) is 9. The Kier molecular flexibility index (Phi) is 8.51. The Morgan fingerprint density at radius 2 is 1.86 bits per heavy atom. The third-order valence-corrected chi connectivity index (χ3v) is 9.20. The molecule has 42 heavy (non-hydrogen) atoms. The standard InChI is InChI=1S/C31H42N7O3P/c1-31(2,39)20-37(3)22-14-17-38(18-15-22)25-12-11-21(19-26(25)41-4)33-30-35-28-23(13-16-32-28)29(36-30)34-24-9-7-8-10-27(24)42(5,6)40/h7-13,16,19,22,39H,14-15,17-18,20H2,1-6H3,(H3,32,33,34,35,36). The fourth-order valence-corrected chi connectivity index (χ4v) is 6.86. The molecular formula is C31H42N7O3P. The van der Waals surface area contributed by atoms with Crippen LogP contribution in [0, 0.1) is 0 Å². The summed E-state index contributed by atoms with van der Waals surface area (Å²) in [4.78, 5) is 17.3. The molecular weight excluding hydrogens is 549 g/mol. The lowest BCUT2D eigenvalue weighted by Crippen LogP contribution is -2.47. The zero-order valence-corrected chi connectivity index (χ0v) is 26.2. The molecule has 224 valence electrons. The summed E-state index contributed by atoms with van der Waals surface area (Å²) in [6, 6.07) is 16.0. The van der Waals surface area contributed by atoms with E-state index in [9.17, 15) is 9.67 Å². The highest BCUT2D eigenvalue weighted by Gasteiger charge is 2.27. The lowest BCUT2D eigenvalue weighted by Gasteiger charge is -2.39. The zero-order valence-electron chi connectivity index (χ0n) is 25.3. The summed E-state index contributed by atoms with van der Waals surface area (Å²) < 4.78 is 18.7. The van der Waals surface area contributed by atoms with E-state index in [-0.39, 0.29) is 0 Å². The Balaban J connectivity index is 1.34. The minimum Gasteiger partial charge on any atom is -0.495 e. The maximum atomic E-state index is 12.9. The third kappa shape index (κ3) is 6.89. The van der Waals surface area contributed by atoms with E-state index in [4.69, 9.17) is 9.72 Å². The molecule has 4 aromatic rings. The number of aromatic amines is 1. The molecule has 0 amide bonds. The molecule has 3 heterocycles. The van der Waals surface area contributed by atoms with Crippen LogP contribution in [0.3, 0.4) is 0 Å². The van der Waals surface area contributed by atoms with Crippen molar-refractivity contribution in [1.29, 1.82) is 0 Å². The molecule has 0 atom stereocenters. The average Bonchev–Trinajstić information content (AvgIpc) is 3.41. The molecule has 0 aliphatic carbocycles. The summed E-state index contributed by atoms with van der Waals surface area (Å²) in [6.45, 7) is 9.72. The average molecular weight is 592 g/mol. The second-order valence-corrected chi connectivity index (χ2v) is 15.3. The summed E-state index contributed by atoms with van der Waals surface area (Å²) >= 11 is 0. The molecule has 4 N–H and O–H groups in total. The van der Waals surface area contributed by atoms with Gasteiger partial charge in [0, 0.05) is 48.9 Å². The zero-order chi connectivity index (χ0) is 30.1. The van der Waals surface area contributed by atoms with Gasteiger partial charge < -0.3 is 39.8 Å². The van der Waals surface area contributed by atoms with Gasteiger partial charge in [-0.1, -0.05) is 12.1 Å². The van der Waals surface area contributed by atoms with Gasteiger partial charge in [-0.25, -0.2) is 0 Å². The second kappa shape index (κ2) is 12.0. The highest BCUT2D eigenvalue weighted by molar-refractivity contribution is 7.70. The number of piperidine rings is 1. The summed E-state index contributed by atoms with van der Waals surface area (Å²) in [5.41, 5.74) is 2.60. The number of para-hydroxylation sites is 1. The number of fused-ring (bicyclic) bond motifs is 1. The molecule has 0 bridgehead atoms. The molecule has 10 nitrogen and oxygen atoms in total. The maximum Gasteiger partial charge on any atom is 0.231 e. The van der Waals surface area contributed by atoms with Crippen LogP contribution in [-0.4, -0.2) is 83.7 Å². The van der Waals surface area contributed by atoms with Crippen molar-refractivity contribution < 1.29 is 14.4 Å². The van der Waals surface area contributed by atoms with Crippen LogP contribution in [0.1, 0.15) is 26.7 Å². The van der Waals surface area contributed by atoms with Crippen LogP contribution in [0.25, 0.3) is 11.0 Å². The quantitative estimate of drug-likeness (QED) is 0.181. The second-order valence-electron chi connectivity index (χ2n) is 12.1. The summed E-state index contributed by atoms with van der Waals surface area (Å²) in [7, 11) is 1.28. The maximum absolute atomic E-state index is 12.9. The number of nitrogens with zero attached hydrogens (tertiary/aromatic N) is 4. The smallest absolute Gasteiger partial charge is 0.231 e. The van der Waals surface area contributed by atoms with Gasteiger partial charge in [0.25, 0.3) is 0 Å². The van der Waals surface area contributed by atoms with Crippen LogP contribution in [0.15, 0.2) is 54.7 Å². The van der Waals surface area contributed by atoms with E-state index in [1.54, 1.807) is 20.4 Å². The molecule has 0 radical (unpaired) electrons. The van der Waals surface area contributed by atoms with Gasteiger partial charge in [0.1, 0.15) is 24.4 Å². The van der Waals surface area contributed by atoms with Crippen LogP contribution in [-0.2, 0) is 4.57 Å². The Bertz CT molecular complexity index is 1590. The van der Waals surface area contributed by atoms with Gasteiger partial charge in [-0.15, -0.1) is 0 Å². The number of H-pyrrole nitrogens is 1. The van der Waals surface area contributed by atoms with Gasteiger partial charge in [0.2, 0.25) is 5.95 Å². The summed E-state index contributed by atoms with van der Waals surface area (Å²) in [5, 5.41) is 18.6. The normalized spacial score (nSPS) is 14.9. The Morgan fingerprint density at radius 3 is 2.55 bits per heavy atom. The number of nitrogens with one attached hydrogen (secondary N) is 3. The van der Waals surface area contributed by atoms with Crippen LogP contribution in [0.4, 0.5) is 28.8 Å². The van der Waals surface area contributed by atoms with Gasteiger partial charge in [0.05, 0.1) is 29.5 Å². The molecule has 11 heteroatoms. The van der Waals surface area contributed by atoms with E-state index in [0.29, 0.717) is 30.0 Å². The molecule has 1 aliphatic heterocycles. The van der Waals surface area contributed by atoms with Crippen LogP contribution >= 0.6 is 7.14 Å². The van der Waals surface area contributed by atoms with E-state index in [2.05, 4.69) is 43.5 Å². The number of rotatable bonds is 10. The first-order chi connectivity index (χ1) is 19.9. The third-order valence-electron chi connectivity index (χ3n) is 7.65. The van der Waals surface area contributed by atoms with E-state index in [1.807, 2.05) is 62.5 Å². The number of aromatic nitrogens is 3. The topological polar surface area (TPSA) is 119 Å². The first-order valence-electron chi connectivity index (χ1n) is 14.3.